The van der Waals surface area contributed by atoms with Crippen molar-refractivity contribution in [2.24, 2.45) is 5.73 Å². The number of amides is 2. The molecule has 4 aromatic rings. The highest BCUT2D eigenvalue weighted by Gasteiger charge is 2.14. The smallest absolute Gasteiger partial charge is 0.316 e. The topological polar surface area (TPSA) is 88.5 Å². The summed E-state index contributed by atoms with van der Waals surface area (Å²) in [5.41, 5.74) is 11.1. The van der Waals surface area contributed by atoms with Crippen LogP contribution in [0.25, 0.3) is 27.7 Å². The molecule has 0 radical (unpaired) electrons. The Morgan fingerprint density at radius 1 is 1.00 bits per heavy atom. The Morgan fingerprint density at radius 2 is 1.74 bits per heavy atom. The average Bonchev–Trinajstić information content (AvgIpc) is 3.16. The molecule has 1 aliphatic heterocycles. The van der Waals surface area contributed by atoms with E-state index in [-0.39, 0.29) is 0 Å². The van der Waals surface area contributed by atoms with Crippen molar-refractivity contribution < 1.29 is 4.79 Å². The van der Waals surface area contributed by atoms with Gasteiger partial charge in [0.25, 0.3) is 0 Å². The maximum Gasteiger partial charge on any atom is 0.316 e. The lowest BCUT2D eigenvalue weighted by Crippen LogP contribution is -2.28. The summed E-state index contributed by atoms with van der Waals surface area (Å²) in [4.78, 5) is 14.0. The van der Waals surface area contributed by atoms with Gasteiger partial charge in [-0.3, -0.25) is 9.30 Å². The van der Waals surface area contributed by atoms with Gasteiger partial charge in [-0.15, -0.1) is 10.2 Å². The number of carbonyl (C=O) groups is 1. The lowest BCUT2D eigenvalue weighted by Gasteiger charge is -2.26. The van der Waals surface area contributed by atoms with Crippen LogP contribution in [0.2, 0.25) is 0 Å². The third-order valence-corrected chi connectivity index (χ3v) is 6.03. The van der Waals surface area contributed by atoms with Crippen LogP contribution in [-0.4, -0.2) is 38.6 Å². The molecule has 1 saturated heterocycles. The van der Waals surface area contributed by atoms with Crippen LogP contribution in [0, 0.1) is 6.92 Å². The number of aromatic nitrogens is 3. The Balaban J connectivity index is 1.49. The molecule has 0 atom stereocenters. The van der Waals surface area contributed by atoms with E-state index in [0.717, 1.165) is 34.4 Å². The van der Waals surface area contributed by atoms with Crippen molar-refractivity contribution in [2.45, 2.75) is 32.7 Å². The highest BCUT2D eigenvalue weighted by atomic mass is 16.2. The number of rotatable bonds is 4. The predicted octanol–water partition coefficient (Wildman–Crippen LogP) is 4.33. The fraction of sp³-hybridized carbons (Fsp3) is 0.292. The van der Waals surface area contributed by atoms with Crippen molar-refractivity contribution in [3.05, 3.63) is 59.9 Å². The van der Waals surface area contributed by atoms with E-state index in [2.05, 4.69) is 62.9 Å². The van der Waals surface area contributed by atoms with E-state index in [1.54, 1.807) is 0 Å². The van der Waals surface area contributed by atoms with Crippen LogP contribution in [0.1, 0.15) is 30.7 Å². The Kier molecular flexibility index (Phi) is 5.03. The highest BCUT2D eigenvalue weighted by Crippen LogP contribution is 2.29. The number of primary amides is 1. The lowest BCUT2D eigenvalue weighted by atomic mass is 10.0. The second-order valence-electron chi connectivity index (χ2n) is 8.26. The van der Waals surface area contributed by atoms with E-state index in [9.17, 15) is 4.79 Å². The highest BCUT2D eigenvalue weighted by molar-refractivity contribution is 5.98. The molecule has 7 nitrogen and oxygen atoms in total. The van der Waals surface area contributed by atoms with Crippen LogP contribution in [-0.2, 0) is 6.54 Å². The fourth-order valence-electron chi connectivity index (χ4n) is 4.50. The summed E-state index contributed by atoms with van der Waals surface area (Å²) in [7, 11) is 0. The molecule has 0 spiro atoms. The second kappa shape index (κ2) is 8.00. The fourth-order valence-corrected chi connectivity index (χ4v) is 4.50. The monoisotopic (exact) mass is 414 g/mol. The number of anilines is 1. The van der Waals surface area contributed by atoms with Crippen LogP contribution >= 0.6 is 0 Å². The van der Waals surface area contributed by atoms with E-state index < -0.39 is 6.03 Å². The Hall–Kier alpha value is -3.45. The zero-order valence-electron chi connectivity index (χ0n) is 17.6. The molecular weight excluding hydrogens is 388 g/mol. The number of pyridine rings is 1. The van der Waals surface area contributed by atoms with Gasteiger partial charge in [-0.05, 0) is 67.7 Å². The molecular formula is C24H26N6O. The molecule has 1 fully saturated rings. The third kappa shape index (κ3) is 3.84. The summed E-state index contributed by atoms with van der Waals surface area (Å²) >= 11 is 0. The van der Waals surface area contributed by atoms with Crippen molar-refractivity contribution in [3.8, 4) is 11.1 Å². The van der Waals surface area contributed by atoms with Crippen molar-refractivity contribution in [1.29, 1.82) is 0 Å². The van der Waals surface area contributed by atoms with Gasteiger partial charge in [-0.1, -0.05) is 36.8 Å². The quantitative estimate of drug-likeness (QED) is 0.520. The number of aryl methyl sites for hydroxylation is 1. The normalized spacial score (nSPS) is 14.9. The summed E-state index contributed by atoms with van der Waals surface area (Å²) < 4.78 is 1.94. The molecule has 1 aliphatic rings. The van der Waals surface area contributed by atoms with Crippen molar-refractivity contribution in [1.82, 2.24) is 19.5 Å². The molecule has 2 aromatic heterocycles. The SMILES string of the molecule is Cc1nnc2c(NC(N)=O)cc3cc(-c4ccc(CN5CCCCC5)cc4)ccc3n12. The minimum Gasteiger partial charge on any atom is -0.351 e. The van der Waals surface area contributed by atoms with Gasteiger partial charge < -0.3 is 11.1 Å². The zero-order valence-corrected chi connectivity index (χ0v) is 17.6. The standard InChI is InChI=1S/C24H26N6O/c1-16-27-28-23-21(26-24(25)31)14-20-13-19(9-10-22(20)30(16)23)18-7-5-17(6-8-18)15-29-11-3-2-4-12-29/h5-10,13-14H,2-4,11-12,15H2,1H3,(H3,25,26,31). The van der Waals surface area contributed by atoms with E-state index in [1.807, 2.05) is 17.4 Å². The molecule has 0 saturated carbocycles. The minimum atomic E-state index is -0.623. The van der Waals surface area contributed by atoms with Crippen LogP contribution in [0.3, 0.4) is 0 Å². The number of piperidine rings is 1. The Bertz CT molecular complexity index is 1250. The first-order valence-corrected chi connectivity index (χ1v) is 10.7. The molecule has 0 bridgehead atoms. The van der Waals surface area contributed by atoms with Gasteiger partial charge >= 0.3 is 6.03 Å². The summed E-state index contributed by atoms with van der Waals surface area (Å²) in [5, 5.41) is 12.0. The number of nitrogens with one attached hydrogen (secondary N) is 1. The predicted molar refractivity (Wildman–Crippen MR) is 123 cm³/mol. The van der Waals surface area contributed by atoms with Gasteiger partial charge in [-0.25, -0.2) is 4.79 Å². The van der Waals surface area contributed by atoms with Gasteiger partial charge in [-0.2, -0.15) is 0 Å². The molecule has 3 heterocycles. The number of benzene rings is 2. The average molecular weight is 415 g/mol. The molecule has 158 valence electrons. The van der Waals surface area contributed by atoms with Crippen LogP contribution in [0.4, 0.5) is 10.5 Å². The third-order valence-electron chi connectivity index (χ3n) is 6.03. The number of hydrogen-bond acceptors (Lipinski definition) is 4. The number of urea groups is 1. The summed E-state index contributed by atoms with van der Waals surface area (Å²) in [6.45, 7) is 5.31. The van der Waals surface area contributed by atoms with Gasteiger partial charge in [0.2, 0.25) is 0 Å². The summed E-state index contributed by atoms with van der Waals surface area (Å²) in [6.07, 6.45) is 3.97. The van der Waals surface area contributed by atoms with Crippen molar-refractivity contribution in [2.75, 3.05) is 18.4 Å². The van der Waals surface area contributed by atoms with Crippen LogP contribution in [0.15, 0.2) is 48.5 Å². The molecule has 3 N–H and O–H groups in total. The van der Waals surface area contributed by atoms with E-state index in [1.165, 1.54) is 37.9 Å². The first-order chi connectivity index (χ1) is 15.1. The van der Waals surface area contributed by atoms with E-state index in [4.69, 9.17) is 5.73 Å². The maximum absolute atomic E-state index is 11.5. The molecule has 5 rings (SSSR count). The number of nitrogens with zero attached hydrogens (tertiary/aromatic N) is 4. The Labute approximate surface area is 180 Å². The van der Waals surface area contributed by atoms with E-state index in [0.29, 0.717) is 11.3 Å². The zero-order chi connectivity index (χ0) is 21.4. The minimum absolute atomic E-state index is 0.551. The molecule has 0 aliphatic carbocycles. The number of likely N-dealkylation sites (tertiary alicyclic amines) is 1. The first kappa shape index (κ1) is 19.5. The Morgan fingerprint density at radius 3 is 2.48 bits per heavy atom. The van der Waals surface area contributed by atoms with Crippen LogP contribution < -0.4 is 11.1 Å². The molecule has 31 heavy (non-hydrogen) atoms. The molecule has 2 amide bonds. The summed E-state index contributed by atoms with van der Waals surface area (Å²) in [6, 6.07) is 16.4. The van der Waals surface area contributed by atoms with Gasteiger partial charge in [0.1, 0.15) is 5.82 Å². The number of carbonyl (C=O) groups excluding carboxylic acids is 1. The lowest BCUT2D eigenvalue weighted by molar-refractivity contribution is 0.221. The maximum atomic E-state index is 11.5. The van der Waals surface area contributed by atoms with Crippen LogP contribution in [0.5, 0.6) is 0 Å². The summed E-state index contributed by atoms with van der Waals surface area (Å²) in [5.74, 6) is 0.753. The molecule has 7 heteroatoms. The first-order valence-electron chi connectivity index (χ1n) is 10.7. The molecule has 2 aromatic carbocycles. The number of hydrogen-bond donors (Lipinski definition) is 2. The van der Waals surface area contributed by atoms with E-state index >= 15 is 0 Å². The van der Waals surface area contributed by atoms with Gasteiger partial charge in [0, 0.05) is 11.9 Å². The molecule has 0 unspecified atom stereocenters. The largest absolute Gasteiger partial charge is 0.351 e. The van der Waals surface area contributed by atoms with Gasteiger partial charge in [0.15, 0.2) is 5.65 Å². The van der Waals surface area contributed by atoms with Gasteiger partial charge in [0.05, 0.1) is 11.2 Å². The second-order valence-corrected chi connectivity index (χ2v) is 8.26. The number of nitrogens with two attached hydrogens (primary N) is 1. The number of fused-ring (bicyclic) bond motifs is 3. The van der Waals surface area contributed by atoms with Crippen molar-refractivity contribution >= 4 is 28.3 Å². The van der Waals surface area contributed by atoms with Crippen molar-refractivity contribution in [3.63, 3.8) is 0 Å².